The summed E-state index contributed by atoms with van der Waals surface area (Å²) in [5.74, 6) is 0. The number of rotatable bonds is 3. The van der Waals surface area contributed by atoms with Gasteiger partial charge in [-0.2, -0.15) is 0 Å². The van der Waals surface area contributed by atoms with Crippen molar-refractivity contribution < 1.29 is 0 Å². The summed E-state index contributed by atoms with van der Waals surface area (Å²) in [5, 5.41) is 5.27. The normalized spacial score (nSPS) is 15.2. The Kier molecular flexibility index (Phi) is 7.73. The monoisotopic (exact) mass is 783 g/mol. The number of benzene rings is 8. The molecule has 0 amide bonds. The van der Waals surface area contributed by atoms with Crippen molar-refractivity contribution in [2.45, 2.75) is 25.7 Å². The summed E-state index contributed by atoms with van der Waals surface area (Å²) in [4.78, 5) is 0. The van der Waals surface area contributed by atoms with Crippen LogP contribution in [0.2, 0.25) is 0 Å². The predicted octanol–water partition coefficient (Wildman–Crippen LogP) is 16.1. The van der Waals surface area contributed by atoms with Crippen molar-refractivity contribution in [3.05, 3.63) is 217 Å². The standard InChI is InChI=1S/C58H41NS/c1-36-14-6-4-9-17-38-22-23-40(32-48(38)44-19-11-10-18-43(36)44)41-25-30-53-50(34-41)49-33-39(37-15-7-5-8-16-37)24-29-52(49)59(53)42-26-27-45-46-28-31-55-56(47-20-12-13-21-54(47)60-55)57(46)58(2,3)51(45)35-42/h4-16,18-35H,1,17H2,2-3H3/b9-4-,14-6-. The molecule has 0 N–H and O–H groups in total. The van der Waals surface area contributed by atoms with Gasteiger partial charge in [-0.3, -0.25) is 0 Å². The van der Waals surface area contributed by atoms with Gasteiger partial charge in [0.1, 0.15) is 0 Å². The summed E-state index contributed by atoms with van der Waals surface area (Å²) in [6.07, 6.45) is 9.45. The van der Waals surface area contributed by atoms with Crippen molar-refractivity contribution in [3.63, 3.8) is 0 Å². The lowest BCUT2D eigenvalue weighted by molar-refractivity contribution is 0.666. The highest BCUT2D eigenvalue weighted by Gasteiger charge is 2.38. The smallest absolute Gasteiger partial charge is 0.0541 e. The Balaban J connectivity index is 1.05. The van der Waals surface area contributed by atoms with Gasteiger partial charge in [0.05, 0.1) is 11.0 Å². The number of hydrogen-bond donors (Lipinski definition) is 0. The molecule has 0 saturated carbocycles. The van der Waals surface area contributed by atoms with E-state index in [0.717, 1.165) is 12.0 Å². The third kappa shape index (κ3) is 5.24. The van der Waals surface area contributed by atoms with Gasteiger partial charge in [-0.15, -0.1) is 11.3 Å². The molecule has 0 fully saturated rings. The molecule has 10 aromatic rings. The van der Waals surface area contributed by atoms with Crippen LogP contribution in [-0.2, 0) is 11.8 Å². The van der Waals surface area contributed by atoms with E-state index in [-0.39, 0.29) is 5.41 Å². The average Bonchev–Trinajstić information content (AvgIpc) is 3.90. The SMILES string of the molecule is C=C1/C=C\C=C/Cc2ccc(-c3ccc4c(c3)c3cc(-c5ccccc5)ccc3n4-c3ccc4c(c3)C(C)(C)c3c-4ccc4sc5ccccc5c34)cc2-c2ccccc21. The fourth-order valence-electron chi connectivity index (χ4n) is 10.3. The van der Waals surface area contributed by atoms with Gasteiger partial charge in [-0.25, -0.2) is 0 Å². The Morgan fingerprint density at radius 1 is 0.517 bits per heavy atom. The average molecular weight is 784 g/mol. The molecule has 2 aliphatic rings. The van der Waals surface area contributed by atoms with Gasteiger partial charge in [-0.05, 0) is 133 Å². The van der Waals surface area contributed by atoms with Gasteiger partial charge in [0.25, 0.3) is 0 Å². The summed E-state index contributed by atoms with van der Waals surface area (Å²) in [6, 6.07) is 61.3. The minimum absolute atomic E-state index is 0.171. The molecule has 0 spiro atoms. The Morgan fingerprint density at radius 3 is 2.02 bits per heavy atom. The van der Waals surface area contributed by atoms with Gasteiger partial charge in [0.2, 0.25) is 0 Å². The van der Waals surface area contributed by atoms with E-state index in [2.05, 4.69) is 213 Å². The van der Waals surface area contributed by atoms with Gasteiger partial charge in [-0.1, -0.05) is 154 Å². The van der Waals surface area contributed by atoms with Crippen LogP contribution in [-0.4, -0.2) is 4.57 Å². The Morgan fingerprint density at radius 2 is 1.20 bits per heavy atom. The van der Waals surface area contributed by atoms with E-state index in [9.17, 15) is 0 Å². The van der Waals surface area contributed by atoms with Crippen LogP contribution in [0.25, 0.3) is 97.7 Å². The second-order valence-electron chi connectivity index (χ2n) is 16.9. The molecule has 0 bridgehead atoms. The molecule has 0 aliphatic heterocycles. The van der Waals surface area contributed by atoms with Crippen molar-refractivity contribution >= 4 is 58.9 Å². The number of thiophene rings is 1. The Labute approximate surface area is 354 Å². The lowest BCUT2D eigenvalue weighted by Gasteiger charge is -2.23. The van der Waals surface area contributed by atoms with E-state index in [4.69, 9.17) is 0 Å². The van der Waals surface area contributed by atoms with Gasteiger partial charge < -0.3 is 4.57 Å². The van der Waals surface area contributed by atoms with E-state index in [0.29, 0.717) is 0 Å². The highest BCUT2D eigenvalue weighted by molar-refractivity contribution is 7.25. The first-order valence-corrected chi connectivity index (χ1v) is 21.7. The molecule has 2 aromatic heterocycles. The lowest BCUT2D eigenvalue weighted by atomic mass is 9.80. The molecule has 60 heavy (non-hydrogen) atoms. The van der Waals surface area contributed by atoms with E-state index in [1.807, 2.05) is 11.3 Å². The molecule has 8 aromatic carbocycles. The summed E-state index contributed by atoms with van der Waals surface area (Å²) in [6.45, 7) is 9.28. The topological polar surface area (TPSA) is 4.93 Å². The van der Waals surface area contributed by atoms with Crippen molar-refractivity contribution in [2.75, 3.05) is 0 Å². The lowest BCUT2D eigenvalue weighted by Crippen LogP contribution is -2.15. The van der Waals surface area contributed by atoms with Crippen molar-refractivity contribution in [1.82, 2.24) is 4.57 Å². The molecule has 1 nitrogen and oxygen atoms in total. The predicted molar refractivity (Wildman–Crippen MR) is 259 cm³/mol. The van der Waals surface area contributed by atoms with Crippen LogP contribution in [0.15, 0.2) is 195 Å². The van der Waals surface area contributed by atoms with E-state index >= 15 is 0 Å². The highest BCUT2D eigenvalue weighted by atomic mass is 32.1. The Hall–Kier alpha value is -7.00. The zero-order chi connectivity index (χ0) is 40.1. The molecule has 284 valence electrons. The second kappa shape index (κ2) is 13.3. The van der Waals surface area contributed by atoms with E-state index < -0.39 is 0 Å². The zero-order valence-corrected chi connectivity index (χ0v) is 34.5. The molecule has 0 atom stereocenters. The maximum Gasteiger partial charge on any atom is 0.0541 e. The summed E-state index contributed by atoms with van der Waals surface area (Å²) in [7, 11) is 0. The third-order valence-electron chi connectivity index (χ3n) is 13.2. The highest BCUT2D eigenvalue weighted by Crippen LogP contribution is 2.54. The molecular weight excluding hydrogens is 743 g/mol. The molecule has 12 rings (SSSR count). The number of aromatic nitrogens is 1. The maximum atomic E-state index is 4.44. The molecule has 2 heterocycles. The van der Waals surface area contributed by atoms with Crippen LogP contribution >= 0.6 is 11.3 Å². The van der Waals surface area contributed by atoms with Crippen LogP contribution in [0, 0.1) is 0 Å². The molecule has 0 unspecified atom stereocenters. The third-order valence-corrected chi connectivity index (χ3v) is 14.3. The number of allylic oxidation sites excluding steroid dienone is 5. The first-order chi connectivity index (χ1) is 29.4. The van der Waals surface area contributed by atoms with Crippen molar-refractivity contribution in [1.29, 1.82) is 0 Å². The van der Waals surface area contributed by atoms with Crippen molar-refractivity contribution in [2.24, 2.45) is 0 Å². The van der Waals surface area contributed by atoms with Gasteiger partial charge in [0, 0.05) is 42.0 Å². The molecule has 0 saturated heterocycles. The van der Waals surface area contributed by atoms with Crippen molar-refractivity contribution in [3.8, 4) is 50.2 Å². The van der Waals surface area contributed by atoms with Crippen LogP contribution in [0.4, 0.5) is 0 Å². The molecule has 2 aliphatic carbocycles. The largest absolute Gasteiger partial charge is 0.309 e. The molecule has 0 radical (unpaired) electrons. The fraction of sp³-hybridized carbons (Fsp3) is 0.0690. The first-order valence-electron chi connectivity index (χ1n) is 20.9. The van der Waals surface area contributed by atoms with Crippen LogP contribution in [0.5, 0.6) is 0 Å². The first kappa shape index (κ1) is 35.0. The maximum absolute atomic E-state index is 4.44. The minimum atomic E-state index is -0.171. The molecular formula is C58H41NS. The van der Waals surface area contributed by atoms with Crippen LogP contribution < -0.4 is 0 Å². The quantitative estimate of drug-likeness (QED) is 0.168. The Bertz CT molecular complexity index is 3490. The zero-order valence-electron chi connectivity index (χ0n) is 33.7. The van der Waals surface area contributed by atoms with Crippen LogP contribution in [0.3, 0.4) is 0 Å². The number of fused-ring (bicyclic) bond motifs is 13. The number of nitrogens with zero attached hydrogens (tertiary/aromatic N) is 1. The van der Waals surface area contributed by atoms with Gasteiger partial charge >= 0.3 is 0 Å². The minimum Gasteiger partial charge on any atom is -0.309 e. The summed E-state index contributed by atoms with van der Waals surface area (Å²) < 4.78 is 5.21. The summed E-state index contributed by atoms with van der Waals surface area (Å²) in [5.41, 5.74) is 19.8. The van der Waals surface area contributed by atoms with E-state index in [1.54, 1.807) is 0 Å². The van der Waals surface area contributed by atoms with Gasteiger partial charge in [0.15, 0.2) is 0 Å². The summed E-state index contributed by atoms with van der Waals surface area (Å²) >= 11 is 1.90. The van der Waals surface area contributed by atoms with Crippen LogP contribution in [0.1, 0.15) is 36.1 Å². The second-order valence-corrected chi connectivity index (χ2v) is 18.0. The molecule has 2 heteroatoms. The number of hydrogen-bond acceptors (Lipinski definition) is 1. The fourth-order valence-corrected chi connectivity index (χ4v) is 11.4. The van der Waals surface area contributed by atoms with E-state index in [1.165, 1.54) is 114 Å².